The second-order valence-corrected chi connectivity index (χ2v) is 6.06. The summed E-state index contributed by atoms with van der Waals surface area (Å²) in [5, 5.41) is 17.1. The number of thiazole rings is 1. The standard InChI is InChI=1S/C15H16N4O3S/c1-9-13(23-15(17-9)10-6-16-19(2)7-10)14(21)18-11(8-20)12-4-3-5-22-12/h3-7,11,20H,8H2,1-2H3,(H,18,21). The van der Waals surface area contributed by atoms with Gasteiger partial charge >= 0.3 is 0 Å². The molecule has 0 aliphatic carbocycles. The van der Waals surface area contributed by atoms with Crippen molar-refractivity contribution in [2.75, 3.05) is 6.61 Å². The zero-order valence-corrected chi connectivity index (χ0v) is 13.5. The van der Waals surface area contributed by atoms with E-state index < -0.39 is 6.04 Å². The van der Waals surface area contributed by atoms with Crippen LogP contribution in [0.2, 0.25) is 0 Å². The highest BCUT2D eigenvalue weighted by molar-refractivity contribution is 7.17. The zero-order chi connectivity index (χ0) is 16.4. The molecule has 120 valence electrons. The Morgan fingerprint density at radius 1 is 1.57 bits per heavy atom. The minimum atomic E-state index is -0.583. The van der Waals surface area contributed by atoms with Gasteiger partial charge in [0.2, 0.25) is 0 Å². The number of nitrogens with one attached hydrogen (secondary N) is 1. The van der Waals surface area contributed by atoms with Gasteiger partial charge in [0, 0.05) is 18.8 Å². The molecule has 0 aliphatic rings. The van der Waals surface area contributed by atoms with E-state index >= 15 is 0 Å². The van der Waals surface area contributed by atoms with E-state index in [4.69, 9.17) is 4.42 Å². The fourth-order valence-corrected chi connectivity index (χ4v) is 3.13. The maximum absolute atomic E-state index is 12.5. The molecule has 3 aromatic heterocycles. The van der Waals surface area contributed by atoms with Crippen molar-refractivity contribution in [3.63, 3.8) is 0 Å². The predicted octanol–water partition coefficient (Wildman–Crippen LogP) is 1.91. The predicted molar refractivity (Wildman–Crippen MR) is 85.1 cm³/mol. The van der Waals surface area contributed by atoms with Crippen molar-refractivity contribution < 1.29 is 14.3 Å². The van der Waals surface area contributed by atoms with Crippen molar-refractivity contribution in [3.05, 3.63) is 47.1 Å². The van der Waals surface area contributed by atoms with Crippen LogP contribution < -0.4 is 5.32 Å². The number of hydrogen-bond donors (Lipinski definition) is 2. The van der Waals surface area contributed by atoms with Crippen molar-refractivity contribution in [1.82, 2.24) is 20.1 Å². The Bertz CT molecular complexity index is 807. The summed E-state index contributed by atoms with van der Waals surface area (Å²) < 4.78 is 6.92. The summed E-state index contributed by atoms with van der Waals surface area (Å²) in [5.74, 6) is 0.223. The molecule has 3 rings (SSSR count). The van der Waals surface area contributed by atoms with E-state index in [0.29, 0.717) is 16.3 Å². The normalized spacial score (nSPS) is 12.3. The largest absolute Gasteiger partial charge is 0.467 e. The summed E-state index contributed by atoms with van der Waals surface area (Å²) in [6.45, 7) is 1.54. The van der Waals surface area contributed by atoms with E-state index in [1.807, 2.05) is 13.2 Å². The molecule has 0 radical (unpaired) electrons. The SMILES string of the molecule is Cc1nc(-c2cnn(C)c2)sc1C(=O)NC(CO)c1ccco1. The number of aryl methyl sites for hydroxylation is 2. The van der Waals surface area contributed by atoms with Crippen molar-refractivity contribution >= 4 is 17.2 Å². The third-order valence-electron chi connectivity index (χ3n) is 3.33. The van der Waals surface area contributed by atoms with Gasteiger partial charge in [-0.15, -0.1) is 11.3 Å². The van der Waals surface area contributed by atoms with Crippen molar-refractivity contribution in [3.8, 4) is 10.6 Å². The number of carbonyl (C=O) groups excluding carboxylic acids is 1. The fraction of sp³-hybridized carbons (Fsp3) is 0.267. The van der Waals surface area contributed by atoms with Crippen LogP contribution in [0.25, 0.3) is 10.6 Å². The number of carbonyl (C=O) groups is 1. The monoisotopic (exact) mass is 332 g/mol. The maximum Gasteiger partial charge on any atom is 0.263 e. The smallest absolute Gasteiger partial charge is 0.263 e. The van der Waals surface area contributed by atoms with Gasteiger partial charge in [0.25, 0.3) is 5.91 Å². The molecular formula is C15H16N4O3S. The third-order valence-corrected chi connectivity index (χ3v) is 4.53. The lowest BCUT2D eigenvalue weighted by Crippen LogP contribution is -2.30. The first kappa shape index (κ1) is 15.4. The number of aliphatic hydroxyl groups excluding tert-OH is 1. The zero-order valence-electron chi connectivity index (χ0n) is 12.7. The van der Waals surface area contributed by atoms with Crippen LogP contribution in [-0.2, 0) is 7.05 Å². The first-order valence-electron chi connectivity index (χ1n) is 7.00. The second-order valence-electron chi connectivity index (χ2n) is 5.06. The average molecular weight is 332 g/mol. The molecule has 2 N–H and O–H groups in total. The van der Waals surface area contributed by atoms with E-state index in [1.165, 1.54) is 17.6 Å². The second kappa shape index (κ2) is 6.35. The van der Waals surface area contributed by atoms with Crippen molar-refractivity contribution in [1.29, 1.82) is 0 Å². The molecule has 0 bridgehead atoms. The molecule has 0 fully saturated rings. The van der Waals surface area contributed by atoms with Gasteiger partial charge in [0.15, 0.2) is 0 Å². The number of aromatic nitrogens is 3. The molecule has 0 saturated carbocycles. The number of aliphatic hydroxyl groups is 1. The molecule has 0 aliphatic heterocycles. The molecule has 23 heavy (non-hydrogen) atoms. The molecule has 1 atom stereocenters. The Kier molecular flexibility index (Phi) is 4.26. The Morgan fingerprint density at radius 2 is 2.39 bits per heavy atom. The Hall–Kier alpha value is -2.45. The highest BCUT2D eigenvalue weighted by atomic mass is 32.1. The highest BCUT2D eigenvalue weighted by Gasteiger charge is 2.21. The fourth-order valence-electron chi connectivity index (χ4n) is 2.18. The van der Waals surface area contributed by atoms with Gasteiger partial charge < -0.3 is 14.8 Å². The lowest BCUT2D eigenvalue weighted by atomic mass is 10.2. The molecule has 3 aromatic rings. The molecule has 1 amide bonds. The van der Waals surface area contributed by atoms with E-state index in [0.717, 1.165) is 10.6 Å². The van der Waals surface area contributed by atoms with Crippen molar-refractivity contribution in [2.24, 2.45) is 7.05 Å². The maximum atomic E-state index is 12.5. The molecule has 0 spiro atoms. The van der Waals surface area contributed by atoms with Gasteiger partial charge in [-0.1, -0.05) is 0 Å². The van der Waals surface area contributed by atoms with Gasteiger partial charge in [-0.3, -0.25) is 9.48 Å². The molecule has 3 heterocycles. The van der Waals surface area contributed by atoms with Crippen LogP contribution in [0, 0.1) is 6.92 Å². The van der Waals surface area contributed by atoms with Crippen LogP contribution in [0.15, 0.2) is 35.2 Å². The quantitative estimate of drug-likeness (QED) is 0.744. The number of nitrogens with zero attached hydrogens (tertiary/aromatic N) is 3. The molecule has 1 unspecified atom stereocenters. The van der Waals surface area contributed by atoms with Crippen molar-refractivity contribution in [2.45, 2.75) is 13.0 Å². The first-order chi connectivity index (χ1) is 11.1. The molecule has 0 aromatic carbocycles. The molecular weight excluding hydrogens is 316 g/mol. The van der Waals surface area contributed by atoms with Crippen LogP contribution in [0.5, 0.6) is 0 Å². The minimum Gasteiger partial charge on any atom is -0.467 e. The first-order valence-corrected chi connectivity index (χ1v) is 7.81. The van der Waals surface area contributed by atoms with Gasteiger partial charge in [-0.05, 0) is 19.1 Å². The van der Waals surface area contributed by atoms with Gasteiger partial charge in [0.1, 0.15) is 21.7 Å². The third kappa shape index (κ3) is 3.17. The lowest BCUT2D eigenvalue weighted by molar-refractivity contribution is 0.0910. The van der Waals surface area contributed by atoms with E-state index in [-0.39, 0.29) is 12.5 Å². The topological polar surface area (TPSA) is 93.2 Å². The van der Waals surface area contributed by atoms with Gasteiger partial charge in [-0.25, -0.2) is 4.98 Å². The van der Waals surface area contributed by atoms with Crippen LogP contribution in [0.3, 0.4) is 0 Å². The number of rotatable bonds is 5. The van der Waals surface area contributed by atoms with Crippen LogP contribution in [0.4, 0.5) is 0 Å². The van der Waals surface area contributed by atoms with E-state index in [9.17, 15) is 9.90 Å². The number of hydrogen-bond acceptors (Lipinski definition) is 6. The van der Waals surface area contributed by atoms with Gasteiger partial charge in [0.05, 0.1) is 24.8 Å². The Morgan fingerprint density at radius 3 is 3.00 bits per heavy atom. The van der Waals surface area contributed by atoms with Gasteiger partial charge in [-0.2, -0.15) is 5.10 Å². The Balaban J connectivity index is 1.81. The average Bonchev–Trinajstić information content (AvgIpc) is 3.25. The summed E-state index contributed by atoms with van der Waals surface area (Å²) in [7, 11) is 1.83. The summed E-state index contributed by atoms with van der Waals surface area (Å²) >= 11 is 1.30. The summed E-state index contributed by atoms with van der Waals surface area (Å²) in [6.07, 6.45) is 5.06. The lowest BCUT2D eigenvalue weighted by Gasteiger charge is -2.13. The molecule has 8 heteroatoms. The van der Waals surface area contributed by atoms with Crippen LogP contribution >= 0.6 is 11.3 Å². The highest BCUT2D eigenvalue weighted by Crippen LogP contribution is 2.28. The molecule has 0 saturated heterocycles. The summed E-state index contributed by atoms with van der Waals surface area (Å²) in [5.41, 5.74) is 1.51. The summed E-state index contributed by atoms with van der Waals surface area (Å²) in [6, 6.07) is 2.84. The van der Waals surface area contributed by atoms with E-state index in [2.05, 4.69) is 15.4 Å². The Labute approximate surface area is 136 Å². The summed E-state index contributed by atoms with van der Waals surface area (Å²) in [4.78, 5) is 17.4. The number of furan rings is 1. The molecule has 7 nitrogen and oxygen atoms in total. The van der Waals surface area contributed by atoms with Crippen LogP contribution in [-0.4, -0.2) is 32.4 Å². The number of amides is 1. The minimum absolute atomic E-state index is 0.243. The van der Waals surface area contributed by atoms with Crippen LogP contribution in [0.1, 0.15) is 27.2 Å². The van der Waals surface area contributed by atoms with E-state index in [1.54, 1.807) is 29.9 Å².